The largest absolute Gasteiger partial charge is 0.389 e. The number of nitrogens with zero attached hydrogens (tertiary/aromatic N) is 2. The minimum atomic E-state index is -0.164. The molecule has 0 unspecified atom stereocenters. The highest BCUT2D eigenvalue weighted by molar-refractivity contribution is 7.80. The predicted molar refractivity (Wildman–Crippen MR) is 64.2 cm³/mol. The highest BCUT2D eigenvalue weighted by Crippen LogP contribution is 2.13. The molecule has 0 saturated heterocycles. The molecule has 0 aliphatic heterocycles. The zero-order valence-corrected chi connectivity index (χ0v) is 10.0. The van der Waals surface area contributed by atoms with E-state index in [-0.39, 0.29) is 17.3 Å². The average Bonchev–Trinajstić information content (AvgIpc) is 2.58. The van der Waals surface area contributed by atoms with Gasteiger partial charge in [0.25, 0.3) is 0 Å². The zero-order chi connectivity index (χ0) is 12.1. The van der Waals surface area contributed by atoms with Crippen molar-refractivity contribution in [2.24, 2.45) is 12.8 Å². The van der Waals surface area contributed by atoms with Gasteiger partial charge in [-0.15, -0.1) is 0 Å². The molecule has 1 aromatic heterocycles. The fourth-order valence-electron chi connectivity index (χ4n) is 1.16. The second-order valence-corrected chi connectivity index (χ2v) is 3.63. The summed E-state index contributed by atoms with van der Waals surface area (Å²) in [6.45, 7) is 0.367. The molecule has 88 valence electrons. The lowest BCUT2D eigenvalue weighted by Gasteiger charge is -2.07. The summed E-state index contributed by atoms with van der Waals surface area (Å²) in [6, 6.07) is 0. The lowest BCUT2D eigenvalue weighted by molar-refractivity contribution is -0.117. The van der Waals surface area contributed by atoms with Gasteiger partial charge in [0.1, 0.15) is 10.8 Å². The third kappa shape index (κ3) is 3.01. The fraction of sp³-hybridized carbons (Fsp3) is 0.444. The molecule has 0 saturated carbocycles. The number of nitrogens with one attached hydrogen (secondary N) is 1. The molecule has 7 heteroatoms. The van der Waals surface area contributed by atoms with Crippen molar-refractivity contribution in [2.75, 3.05) is 19.0 Å². The number of nitrogens with two attached hydrogens (primary N) is 1. The second kappa shape index (κ2) is 5.57. The summed E-state index contributed by atoms with van der Waals surface area (Å²) in [6.07, 6.45) is 1.80. The van der Waals surface area contributed by atoms with Crippen molar-refractivity contribution < 1.29 is 9.53 Å². The van der Waals surface area contributed by atoms with Gasteiger partial charge < -0.3 is 15.8 Å². The van der Waals surface area contributed by atoms with E-state index in [4.69, 9.17) is 22.7 Å². The summed E-state index contributed by atoms with van der Waals surface area (Å²) in [7, 11) is 3.24. The Morgan fingerprint density at radius 2 is 2.44 bits per heavy atom. The molecule has 0 atom stereocenters. The van der Waals surface area contributed by atoms with Crippen LogP contribution >= 0.6 is 12.2 Å². The van der Waals surface area contributed by atoms with Gasteiger partial charge in [-0.2, -0.15) is 5.10 Å². The third-order valence-corrected chi connectivity index (χ3v) is 2.22. The highest BCUT2D eigenvalue weighted by atomic mass is 32.1. The molecule has 0 radical (unpaired) electrons. The highest BCUT2D eigenvalue weighted by Gasteiger charge is 2.13. The molecule has 16 heavy (non-hydrogen) atoms. The van der Waals surface area contributed by atoms with Crippen LogP contribution < -0.4 is 11.1 Å². The first-order valence-electron chi connectivity index (χ1n) is 4.67. The summed E-state index contributed by atoms with van der Waals surface area (Å²) in [5.41, 5.74) is 6.06. The number of anilines is 1. The van der Waals surface area contributed by atoms with Crippen molar-refractivity contribution in [1.82, 2.24) is 9.78 Å². The number of aryl methyl sites for hydroxylation is 1. The van der Waals surface area contributed by atoms with E-state index >= 15 is 0 Å². The number of amides is 1. The zero-order valence-electron chi connectivity index (χ0n) is 9.19. The van der Waals surface area contributed by atoms with Crippen LogP contribution in [0.3, 0.4) is 0 Å². The first-order valence-corrected chi connectivity index (χ1v) is 5.07. The molecular formula is C9H14N4O2S. The Morgan fingerprint density at radius 1 is 1.75 bits per heavy atom. The molecule has 1 amide bonds. The van der Waals surface area contributed by atoms with Gasteiger partial charge in [0.05, 0.1) is 24.8 Å². The first kappa shape index (κ1) is 12.6. The van der Waals surface area contributed by atoms with E-state index in [0.29, 0.717) is 18.0 Å². The van der Waals surface area contributed by atoms with Crippen molar-refractivity contribution in [3.8, 4) is 0 Å². The van der Waals surface area contributed by atoms with Crippen LogP contribution in [0.4, 0.5) is 5.82 Å². The molecule has 1 aromatic rings. The van der Waals surface area contributed by atoms with Crippen LogP contribution in [0.5, 0.6) is 0 Å². The van der Waals surface area contributed by atoms with Crippen molar-refractivity contribution >= 4 is 28.9 Å². The molecular weight excluding hydrogens is 228 g/mol. The number of thiocarbonyl (C=S) groups is 1. The maximum Gasteiger partial charge on any atom is 0.227 e. The van der Waals surface area contributed by atoms with Crippen molar-refractivity contribution in [3.05, 3.63) is 11.8 Å². The molecule has 0 aliphatic rings. The van der Waals surface area contributed by atoms with Crippen LogP contribution in [0, 0.1) is 0 Å². The van der Waals surface area contributed by atoms with E-state index in [1.165, 1.54) is 18.0 Å². The molecule has 0 spiro atoms. The Morgan fingerprint density at radius 3 is 3.00 bits per heavy atom. The number of aromatic nitrogens is 2. The molecule has 0 bridgehead atoms. The standard InChI is InChI=1S/C9H14N4O2S/c1-13-9(6(5-11-13)8(10)16)12-7(14)3-4-15-2/h5H,3-4H2,1-2H3,(H2,10,16)(H,12,14). The molecule has 3 N–H and O–H groups in total. The number of hydrogen-bond acceptors (Lipinski definition) is 4. The maximum atomic E-state index is 11.5. The van der Waals surface area contributed by atoms with Crippen molar-refractivity contribution in [3.63, 3.8) is 0 Å². The lowest BCUT2D eigenvalue weighted by Crippen LogP contribution is -2.19. The van der Waals surface area contributed by atoms with Gasteiger partial charge in [0.15, 0.2) is 0 Å². The lowest BCUT2D eigenvalue weighted by atomic mass is 10.3. The summed E-state index contributed by atoms with van der Waals surface area (Å²) >= 11 is 4.85. The van der Waals surface area contributed by atoms with Gasteiger partial charge in [-0.25, -0.2) is 0 Å². The Hall–Kier alpha value is -1.47. The van der Waals surface area contributed by atoms with E-state index in [1.54, 1.807) is 7.05 Å². The van der Waals surface area contributed by atoms with Crippen molar-refractivity contribution in [1.29, 1.82) is 0 Å². The number of carbonyl (C=O) groups is 1. The van der Waals surface area contributed by atoms with Crippen LogP contribution in [0.1, 0.15) is 12.0 Å². The number of ether oxygens (including phenoxy) is 1. The quantitative estimate of drug-likeness (QED) is 0.712. The monoisotopic (exact) mass is 242 g/mol. The Kier molecular flexibility index (Phi) is 4.39. The van der Waals surface area contributed by atoms with E-state index < -0.39 is 0 Å². The Bertz CT molecular complexity index is 402. The van der Waals surface area contributed by atoms with E-state index in [2.05, 4.69) is 10.4 Å². The minimum Gasteiger partial charge on any atom is -0.389 e. The molecule has 6 nitrogen and oxygen atoms in total. The van der Waals surface area contributed by atoms with E-state index in [1.807, 2.05) is 0 Å². The van der Waals surface area contributed by atoms with Gasteiger partial charge in [-0.1, -0.05) is 12.2 Å². The maximum absolute atomic E-state index is 11.5. The minimum absolute atomic E-state index is 0.164. The molecule has 1 heterocycles. The number of carbonyl (C=O) groups excluding carboxylic acids is 1. The van der Waals surface area contributed by atoms with Crippen molar-refractivity contribution in [2.45, 2.75) is 6.42 Å². The summed E-state index contributed by atoms with van der Waals surface area (Å²) in [4.78, 5) is 11.7. The average molecular weight is 242 g/mol. The molecule has 0 fully saturated rings. The van der Waals surface area contributed by atoms with Crippen LogP contribution in [0.2, 0.25) is 0 Å². The first-order chi connectivity index (χ1) is 7.56. The SMILES string of the molecule is COCCC(=O)Nc1c(C(N)=S)cnn1C. The van der Waals surface area contributed by atoms with Crippen LogP contribution in [-0.4, -0.2) is 34.4 Å². The molecule has 1 rings (SSSR count). The smallest absolute Gasteiger partial charge is 0.227 e. The second-order valence-electron chi connectivity index (χ2n) is 3.19. The number of hydrogen-bond donors (Lipinski definition) is 2. The van der Waals surface area contributed by atoms with Gasteiger partial charge in [0.2, 0.25) is 5.91 Å². The molecule has 0 aliphatic carbocycles. The van der Waals surface area contributed by atoms with Gasteiger partial charge in [-0.3, -0.25) is 9.48 Å². The van der Waals surface area contributed by atoms with Crippen LogP contribution in [0.15, 0.2) is 6.20 Å². The summed E-state index contributed by atoms with van der Waals surface area (Å²) < 4.78 is 6.32. The normalized spacial score (nSPS) is 10.1. The van der Waals surface area contributed by atoms with E-state index in [9.17, 15) is 4.79 Å². The van der Waals surface area contributed by atoms with Crippen LogP contribution in [-0.2, 0) is 16.6 Å². The summed E-state index contributed by atoms with van der Waals surface area (Å²) in [5, 5.41) is 6.66. The summed E-state index contributed by atoms with van der Waals surface area (Å²) in [5.74, 6) is 0.344. The molecule has 0 aromatic carbocycles. The Balaban J connectivity index is 2.76. The number of methoxy groups -OCH3 is 1. The van der Waals surface area contributed by atoms with Gasteiger partial charge in [0, 0.05) is 14.2 Å². The van der Waals surface area contributed by atoms with E-state index in [0.717, 1.165) is 0 Å². The topological polar surface area (TPSA) is 82.2 Å². The van der Waals surface area contributed by atoms with Gasteiger partial charge >= 0.3 is 0 Å². The number of rotatable bonds is 5. The van der Waals surface area contributed by atoms with Crippen LogP contribution in [0.25, 0.3) is 0 Å². The van der Waals surface area contributed by atoms with Gasteiger partial charge in [-0.05, 0) is 0 Å². The fourth-order valence-corrected chi connectivity index (χ4v) is 1.30. The Labute approximate surface area is 98.8 Å². The third-order valence-electron chi connectivity index (χ3n) is 2.00. The predicted octanol–water partition coefficient (Wildman–Crippen LogP) is 0.0293.